The molecule has 0 bridgehead atoms. The van der Waals surface area contributed by atoms with Crippen LogP contribution in [0.5, 0.6) is 0 Å². The van der Waals surface area contributed by atoms with Crippen LogP contribution in [0.4, 0.5) is 14.9 Å². The van der Waals surface area contributed by atoms with Crippen molar-refractivity contribution in [3.8, 4) is 0 Å². The van der Waals surface area contributed by atoms with Gasteiger partial charge in [-0.1, -0.05) is 24.9 Å². The molecule has 1 aromatic carbocycles. The van der Waals surface area contributed by atoms with Crippen molar-refractivity contribution in [3.63, 3.8) is 0 Å². The monoisotopic (exact) mass is 505 g/mol. The predicted octanol–water partition coefficient (Wildman–Crippen LogP) is 4.09. The largest absolute Gasteiger partial charge is 0.462 e. The summed E-state index contributed by atoms with van der Waals surface area (Å²) < 4.78 is 18.6. The fourth-order valence-corrected chi connectivity index (χ4v) is 4.16. The first-order chi connectivity index (χ1) is 16.7. The molecule has 1 aliphatic rings. The lowest BCUT2D eigenvalue weighted by Gasteiger charge is -2.39. The number of halogens is 2. The lowest BCUT2D eigenvalue weighted by atomic mass is 10.1. The number of nitrogens with zero attached hydrogens (tertiary/aromatic N) is 4. The van der Waals surface area contributed by atoms with Crippen molar-refractivity contribution in [1.29, 1.82) is 0 Å². The van der Waals surface area contributed by atoms with Crippen molar-refractivity contribution in [2.75, 3.05) is 31.6 Å². The van der Waals surface area contributed by atoms with Crippen LogP contribution in [0, 0.1) is 12.7 Å². The molecule has 0 radical (unpaired) electrons. The smallest absolute Gasteiger partial charge is 0.342 e. The molecular formula is C24H29ClFN5O4. The number of nitrogens with one attached hydrogen (secondary N) is 1. The molecule has 188 valence electrons. The maximum Gasteiger partial charge on any atom is 0.342 e. The number of urea groups is 1. The van der Waals surface area contributed by atoms with Gasteiger partial charge in [0.05, 0.1) is 17.3 Å². The number of aryl methyl sites for hydroxylation is 2. The van der Waals surface area contributed by atoms with E-state index in [2.05, 4.69) is 15.3 Å². The van der Waals surface area contributed by atoms with Crippen LogP contribution < -0.4 is 5.32 Å². The van der Waals surface area contributed by atoms with E-state index in [-0.39, 0.29) is 54.6 Å². The molecule has 11 heteroatoms. The van der Waals surface area contributed by atoms with Gasteiger partial charge in [0.2, 0.25) is 0 Å². The molecular weight excluding hydrogens is 477 g/mol. The fourth-order valence-electron chi connectivity index (χ4n) is 3.98. The Morgan fingerprint density at radius 2 is 1.97 bits per heavy atom. The number of piperazine rings is 1. The van der Waals surface area contributed by atoms with Crippen molar-refractivity contribution in [2.24, 2.45) is 0 Å². The number of anilines is 1. The van der Waals surface area contributed by atoms with Crippen molar-refractivity contribution in [1.82, 2.24) is 19.8 Å². The quantitative estimate of drug-likeness (QED) is 0.593. The summed E-state index contributed by atoms with van der Waals surface area (Å²) in [5, 5.41) is 2.61. The topological polar surface area (TPSA) is 105 Å². The van der Waals surface area contributed by atoms with E-state index in [9.17, 15) is 18.8 Å². The molecule has 0 aliphatic carbocycles. The highest BCUT2D eigenvalue weighted by molar-refractivity contribution is 6.31. The summed E-state index contributed by atoms with van der Waals surface area (Å²) in [4.78, 5) is 50.8. The van der Waals surface area contributed by atoms with Crippen molar-refractivity contribution in [3.05, 3.63) is 51.8 Å². The van der Waals surface area contributed by atoms with Gasteiger partial charge < -0.3 is 19.9 Å². The number of amides is 3. The zero-order valence-electron chi connectivity index (χ0n) is 20.2. The van der Waals surface area contributed by atoms with Crippen LogP contribution in [0.1, 0.15) is 59.6 Å². The van der Waals surface area contributed by atoms with Gasteiger partial charge >= 0.3 is 12.0 Å². The second-order valence-electron chi connectivity index (χ2n) is 8.26. The van der Waals surface area contributed by atoms with Gasteiger partial charge in [-0.2, -0.15) is 0 Å². The van der Waals surface area contributed by atoms with Crippen LogP contribution in [-0.2, 0) is 11.2 Å². The minimum Gasteiger partial charge on any atom is -0.462 e. The molecule has 1 unspecified atom stereocenters. The summed E-state index contributed by atoms with van der Waals surface area (Å²) in [5.74, 6) is -1.21. The van der Waals surface area contributed by atoms with Gasteiger partial charge in [0, 0.05) is 31.4 Å². The van der Waals surface area contributed by atoms with E-state index in [4.69, 9.17) is 16.3 Å². The van der Waals surface area contributed by atoms with Crippen LogP contribution in [-0.4, -0.2) is 70.0 Å². The first kappa shape index (κ1) is 26.3. The highest BCUT2D eigenvalue weighted by Crippen LogP contribution is 2.22. The lowest BCUT2D eigenvalue weighted by Crippen LogP contribution is -2.56. The van der Waals surface area contributed by atoms with E-state index in [1.54, 1.807) is 23.6 Å². The summed E-state index contributed by atoms with van der Waals surface area (Å²) in [6.07, 6.45) is 1.25. The molecule has 2 aromatic rings. The molecule has 1 N–H and O–H groups in total. The summed E-state index contributed by atoms with van der Waals surface area (Å²) >= 11 is 5.79. The normalized spacial score (nSPS) is 15.7. The SMILES string of the molecule is CCCc1nc(C)nc(C(=O)N2CCN(C(=O)Nc3ccc(F)c(Cl)c3)C(C)C2)c1C(=O)OCC. The van der Waals surface area contributed by atoms with Crippen molar-refractivity contribution in [2.45, 2.75) is 46.6 Å². The lowest BCUT2D eigenvalue weighted by molar-refractivity contribution is 0.0502. The third kappa shape index (κ3) is 6.05. The number of carbonyl (C=O) groups excluding carboxylic acids is 3. The van der Waals surface area contributed by atoms with Crippen LogP contribution in [0.15, 0.2) is 18.2 Å². The fraction of sp³-hybridized carbons (Fsp3) is 0.458. The Bertz CT molecular complexity index is 1130. The van der Waals surface area contributed by atoms with E-state index in [1.807, 2.05) is 13.8 Å². The van der Waals surface area contributed by atoms with Gasteiger partial charge in [-0.25, -0.2) is 23.9 Å². The Hall–Kier alpha value is -3.27. The summed E-state index contributed by atoms with van der Waals surface area (Å²) in [6.45, 7) is 8.05. The van der Waals surface area contributed by atoms with E-state index in [0.29, 0.717) is 23.6 Å². The summed E-state index contributed by atoms with van der Waals surface area (Å²) in [5.41, 5.74) is 0.979. The highest BCUT2D eigenvalue weighted by Gasteiger charge is 2.34. The molecule has 1 aromatic heterocycles. The molecule has 1 fully saturated rings. The zero-order chi connectivity index (χ0) is 25.7. The van der Waals surface area contributed by atoms with E-state index in [1.165, 1.54) is 18.2 Å². The second-order valence-corrected chi connectivity index (χ2v) is 8.67. The number of ether oxygens (including phenoxy) is 1. The van der Waals surface area contributed by atoms with Gasteiger partial charge in [0.15, 0.2) is 0 Å². The molecule has 3 rings (SSSR count). The number of hydrogen-bond donors (Lipinski definition) is 1. The highest BCUT2D eigenvalue weighted by atomic mass is 35.5. The van der Waals surface area contributed by atoms with E-state index < -0.39 is 17.7 Å². The van der Waals surface area contributed by atoms with Crippen molar-refractivity contribution < 1.29 is 23.5 Å². The molecule has 2 heterocycles. The number of hydrogen-bond acceptors (Lipinski definition) is 6. The minimum absolute atomic E-state index is 0.0189. The Kier molecular flexibility index (Phi) is 8.61. The summed E-state index contributed by atoms with van der Waals surface area (Å²) in [7, 11) is 0. The number of benzene rings is 1. The van der Waals surface area contributed by atoms with Crippen LogP contribution in [0.2, 0.25) is 5.02 Å². The van der Waals surface area contributed by atoms with Gasteiger partial charge in [-0.15, -0.1) is 0 Å². The zero-order valence-corrected chi connectivity index (χ0v) is 21.0. The predicted molar refractivity (Wildman–Crippen MR) is 129 cm³/mol. The Morgan fingerprint density at radius 1 is 1.23 bits per heavy atom. The minimum atomic E-state index is -0.622. The molecule has 9 nitrogen and oxygen atoms in total. The van der Waals surface area contributed by atoms with Gasteiger partial charge in [-0.05, 0) is 45.4 Å². The third-order valence-corrected chi connectivity index (χ3v) is 5.90. The van der Waals surface area contributed by atoms with Gasteiger partial charge in [0.1, 0.15) is 22.9 Å². The van der Waals surface area contributed by atoms with Crippen LogP contribution >= 0.6 is 11.6 Å². The number of esters is 1. The molecule has 1 saturated heterocycles. The average molecular weight is 506 g/mol. The van der Waals surface area contributed by atoms with Gasteiger partial charge in [0.25, 0.3) is 5.91 Å². The maximum absolute atomic E-state index is 13.5. The van der Waals surface area contributed by atoms with Crippen molar-refractivity contribution >= 4 is 35.2 Å². The van der Waals surface area contributed by atoms with E-state index in [0.717, 1.165) is 6.42 Å². The number of rotatable bonds is 6. The Balaban J connectivity index is 1.78. The molecule has 1 aliphatic heterocycles. The first-order valence-electron chi connectivity index (χ1n) is 11.5. The molecule has 0 saturated carbocycles. The Labute approximate surface area is 208 Å². The maximum atomic E-state index is 13.5. The number of carbonyl (C=O) groups is 3. The molecule has 3 amide bonds. The van der Waals surface area contributed by atoms with Crippen LogP contribution in [0.25, 0.3) is 0 Å². The summed E-state index contributed by atoms with van der Waals surface area (Å²) in [6, 6.07) is 3.22. The standard InChI is InChI=1S/C24H29ClFN5O4/c1-5-7-19-20(23(33)35-6-2)21(28-15(4)27-19)22(32)30-10-11-31(14(3)13-30)24(34)29-16-8-9-18(26)17(25)12-16/h8-9,12,14H,5-7,10-11,13H2,1-4H3,(H,29,34). The van der Waals surface area contributed by atoms with Crippen LogP contribution in [0.3, 0.4) is 0 Å². The molecule has 0 spiro atoms. The second kappa shape index (κ2) is 11.4. The van der Waals surface area contributed by atoms with Gasteiger partial charge in [-0.3, -0.25) is 4.79 Å². The third-order valence-electron chi connectivity index (χ3n) is 5.61. The molecule has 35 heavy (non-hydrogen) atoms. The van der Waals surface area contributed by atoms with E-state index >= 15 is 0 Å². The number of aromatic nitrogens is 2. The molecule has 1 atom stereocenters. The Morgan fingerprint density at radius 3 is 2.60 bits per heavy atom. The average Bonchev–Trinajstić information content (AvgIpc) is 2.80. The first-order valence-corrected chi connectivity index (χ1v) is 11.9.